The molecule has 1 heterocycles. The Labute approximate surface area is 207 Å². The molecule has 4 aromatic rings. The minimum Gasteiger partial charge on any atom is -0.493 e. The maximum Gasteiger partial charge on any atom is 0.264 e. The van der Waals surface area contributed by atoms with Crippen LogP contribution >= 0.6 is 11.3 Å². The monoisotopic (exact) mass is 490 g/mol. The van der Waals surface area contributed by atoms with Crippen molar-refractivity contribution in [3.63, 3.8) is 0 Å². The van der Waals surface area contributed by atoms with Gasteiger partial charge in [0.2, 0.25) is 5.75 Å². The number of nitrogens with one attached hydrogen (secondary N) is 1. The van der Waals surface area contributed by atoms with Crippen LogP contribution < -0.4 is 24.3 Å². The lowest BCUT2D eigenvalue weighted by atomic mass is 10.1. The SMILES string of the molecule is COc1cc(/C=C\c2ccc(C)c(OCC(=O)Nc3nc4ccccc4s3)c2)cc(OC)c1OC. The molecule has 4 rings (SSSR count). The number of aromatic nitrogens is 1. The van der Waals surface area contributed by atoms with E-state index in [0.717, 1.165) is 26.9 Å². The van der Waals surface area contributed by atoms with E-state index in [1.54, 1.807) is 21.3 Å². The van der Waals surface area contributed by atoms with Crippen LogP contribution in [-0.4, -0.2) is 38.8 Å². The molecule has 1 N–H and O–H groups in total. The number of thiazole rings is 1. The van der Waals surface area contributed by atoms with Crippen LogP contribution in [0.15, 0.2) is 54.6 Å². The van der Waals surface area contributed by atoms with Crippen molar-refractivity contribution >= 4 is 44.7 Å². The van der Waals surface area contributed by atoms with Crippen molar-refractivity contribution in [3.05, 3.63) is 71.3 Å². The maximum atomic E-state index is 12.4. The number of ether oxygens (including phenoxy) is 4. The van der Waals surface area contributed by atoms with Gasteiger partial charge in [-0.2, -0.15) is 0 Å². The molecule has 3 aromatic carbocycles. The Morgan fingerprint density at radius 3 is 2.29 bits per heavy atom. The van der Waals surface area contributed by atoms with Gasteiger partial charge in [0.25, 0.3) is 5.91 Å². The number of amides is 1. The molecule has 0 unspecified atom stereocenters. The summed E-state index contributed by atoms with van der Waals surface area (Å²) in [5.74, 6) is 2.08. The lowest BCUT2D eigenvalue weighted by molar-refractivity contribution is -0.118. The molecule has 0 bridgehead atoms. The molecule has 0 spiro atoms. The molecule has 8 heteroatoms. The molecule has 7 nitrogen and oxygen atoms in total. The van der Waals surface area contributed by atoms with Gasteiger partial charge in [-0.05, 0) is 53.9 Å². The van der Waals surface area contributed by atoms with Crippen LogP contribution in [0.1, 0.15) is 16.7 Å². The molecule has 0 aliphatic rings. The second-order valence-electron chi connectivity index (χ2n) is 7.64. The van der Waals surface area contributed by atoms with Gasteiger partial charge in [0.1, 0.15) is 5.75 Å². The van der Waals surface area contributed by atoms with Crippen molar-refractivity contribution in [3.8, 4) is 23.0 Å². The van der Waals surface area contributed by atoms with Gasteiger partial charge in [0, 0.05) is 0 Å². The summed E-state index contributed by atoms with van der Waals surface area (Å²) in [6.45, 7) is 1.82. The molecule has 0 aliphatic heterocycles. The van der Waals surface area contributed by atoms with Gasteiger partial charge >= 0.3 is 0 Å². The van der Waals surface area contributed by atoms with E-state index in [2.05, 4.69) is 10.3 Å². The standard InChI is InChI=1S/C27H26N2O5S/c1-17-9-10-18(11-12-19-14-22(31-2)26(33-4)23(15-19)32-3)13-21(17)34-16-25(30)29-27-28-20-7-5-6-8-24(20)35-27/h5-15H,16H2,1-4H3,(H,28,29,30)/b12-11-. The number of para-hydroxylation sites is 1. The first kappa shape index (κ1) is 24.1. The number of aryl methyl sites for hydroxylation is 1. The third-order valence-electron chi connectivity index (χ3n) is 5.27. The smallest absolute Gasteiger partial charge is 0.264 e. The Bertz CT molecular complexity index is 1320. The van der Waals surface area contributed by atoms with Gasteiger partial charge in [-0.1, -0.05) is 47.8 Å². The quantitative estimate of drug-likeness (QED) is 0.298. The van der Waals surface area contributed by atoms with Crippen LogP contribution in [0.5, 0.6) is 23.0 Å². The van der Waals surface area contributed by atoms with Crippen LogP contribution in [0.2, 0.25) is 0 Å². The number of rotatable bonds is 9. The first-order valence-corrected chi connectivity index (χ1v) is 11.7. The molecular formula is C27H26N2O5S. The molecule has 0 fully saturated rings. The molecular weight excluding hydrogens is 464 g/mol. The van der Waals surface area contributed by atoms with E-state index in [-0.39, 0.29) is 12.5 Å². The van der Waals surface area contributed by atoms with E-state index in [1.165, 1.54) is 11.3 Å². The van der Waals surface area contributed by atoms with E-state index in [9.17, 15) is 4.79 Å². The summed E-state index contributed by atoms with van der Waals surface area (Å²) in [5.41, 5.74) is 3.60. The Morgan fingerprint density at radius 1 is 0.914 bits per heavy atom. The maximum absolute atomic E-state index is 12.4. The number of methoxy groups -OCH3 is 3. The Kier molecular flexibility index (Phi) is 7.52. The zero-order valence-electron chi connectivity index (χ0n) is 20.0. The number of carbonyl (C=O) groups excluding carboxylic acids is 1. The number of nitrogens with zero attached hydrogens (tertiary/aromatic N) is 1. The molecule has 1 amide bonds. The number of benzene rings is 3. The van der Waals surface area contributed by atoms with Crippen LogP contribution in [-0.2, 0) is 4.79 Å². The van der Waals surface area contributed by atoms with Crippen molar-refractivity contribution in [1.29, 1.82) is 0 Å². The van der Waals surface area contributed by atoms with Crippen LogP contribution in [0.4, 0.5) is 5.13 Å². The zero-order chi connectivity index (χ0) is 24.8. The second-order valence-corrected chi connectivity index (χ2v) is 8.67. The first-order valence-electron chi connectivity index (χ1n) is 10.9. The van der Waals surface area contributed by atoms with Crippen molar-refractivity contribution in [2.45, 2.75) is 6.92 Å². The molecule has 0 aliphatic carbocycles. The topological polar surface area (TPSA) is 78.9 Å². The molecule has 1 aromatic heterocycles. The van der Waals surface area contributed by atoms with Crippen LogP contribution in [0.3, 0.4) is 0 Å². The summed E-state index contributed by atoms with van der Waals surface area (Å²) in [6, 6.07) is 17.3. The van der Waals surface area contributed by atoms with Crippen molar-refractivity contribution in [2.75, 3.05) is 33.3 Å². The molecule has 35 heavy (non-hydrogen) atoms. The highest BCUT2D eigenvalue weighted by Gasteiger charge is 2.12. The van der Waals surface area contributed by atoms with Gasteiger partial charge in [0.05, 0.1) is 31.5 Å². The number of hydrogen-bond donors (Lipinski definition) is 1. The lowest BCUT2D eigenvalue weighted by Crippen LogP contribution is -2.20. The average Bonchev–Trinajstić information content (AvgIpc) is 3.28. The normalized spacial score (nSPS) is 11.0. The van der Waals surface area contributed by atoms with Gasteiger partial charge in [-0.3, -0.25) is 10.1 Å². The van der Waals surface area contributed by atoms with E-state index in [1.807, 2.05) is 73.7 Å². The minimum atomic E-state index is -0.262. The van der Waals surface area contributed by atoms with Crippen LogP contribution in [0.25, 0.3) is 22.4 Å². The predicted molar refractivity (Wildman–Crippen MR) is 140 cm³/mol. The first-order chi connectivity index (χ1) is 17.0. The van der Waals surface area contributed by atoms with Crippen LogP contribution in [0, 0.1) is 6.92 Å². The largest absolute Gasteiger partial charge is 0.493 e. The van der Waals surface area contributed by atoms with E-state index in [0.29, 0.717) is 28.1 Å². The average molecular weight is 491 g/mol. The van der Waals surface area contributed by atoms with E-state index < -0.39 is 0 Å². The molecule has 180 valence electrons. The summed E-state index contributed by atoms with van der Waals surface area (Å²) >= 11 is 1.43. The number of carbonyl (C=O) groups is 1. The van der Waals surface area contributed by atoms with Gasteiger partial charge < -0.3 is 18.9 Å². The van der Waals surface area contributed by atoms with E-state index in [4.69, 9.17) is 18.9 Å². The number of hydrogen-bond acceptors (Lipinski definition) is 7. The van der Waals surface area contributed by atoms with Gasteiger partial charge in [0.15, 0.2) is 23.2 Å². The summed E-state index contributed by atoms with van der Waals surface area (Å²) in [6.07, 6.45) is 3.90. The van der Waals surface area contributed by atoms with Gasteiger partial charge in [-0.25, -0.2) is 4.98 Å². The lowest BCUT2D eigenvalue weighted by Gasteiger charge is -2.13. The van der Waals surface area contributed by atoms with Gasteiger partial charge in [-0.15, -0.1) is 0 Å². The molecule has 0 saturated carbocycles. The third-order valence-corrected chi connectivity index (χ3v) is 6.22. The highest BCUT2D eigenvalue weighted by Crippen LogP contribution is 2.38. The number of fused-ring (bicyclic) bond motifs is 1. The summed E-state index contributed by atoms with van der Waals surface area (Å²) in [7, 11) is 4.74. The van der Waals surface area contributed by atoms with Crippen molar-refractivity contribution in [2.24, 2.45) is 0 Å². The fourth-order valence-corrected chi connectivity index (χ4v) is 4.37. The Morgan fingerprint density at radius 2 is 1.60 bits per heavy atom. The number of anilines is 1. The highest BCUT2D eigenvalue weighted by atomic mass is 32.1. The molecule has 0 atom stereocenters. The molecule has 0 radical (unpaired) electrons. The fraction of sp³-hybridized carbons (Fsp3) is 0.185. The van der Waals surface area contributed by atoms with E-state index >= 15 is 0 Å². The highest BCUT2D eigenvalue weighted by molar-refractivity contribution is 7.22. The summed E-state index contributed by atoms with van der Waals surface area (Å²) in [4.78, 5) is 16.8. The minimum absolute atomic E-state index is 0.114. The Balaban J connectivity index is 1.44. The van der Waals surface area contributed by atoms with Crippen molar-refractivity contribution < 1.29 is 23.7 Å². The Hall–Kier alpha value is -4.04. The summed E-state index contributed by atoms with van der Waals surface area (Å²) in [5, 5.41) is 3.36. The fourth-order valence-electron chi connectivity index (χ4n) is 3.49. The predicted octanol–water partition coefficient (Wildman–Crippen LogP) is 5.82. The third kappa shape index (κ3) is 5.73. The molecule has 0 saturated heterocycles. The van der Waals surface area contributed by atoms with Crippen molar-refractivity contribution in [1.82, 2.24) is 4.98 Å². The second kappa shape index (κ2) is 10.9. The zero-order valence-corrected chi connectivity index (χ0v) is 20.8. The summed E-state index contributed by atoms with van der Waals surface area (Å²) < 4.78 is 23.1.